The van der Waals surface area contributed by atoms with Crippen molar-refractivity contribution in [3.05, 3.63) is 35.4 Å². The third kappa shape index (κ3) is 4.41. The van der Waals surface area contributed by atoms with Gasteiger partial charge < -0.3 is 10.6 Å². The summed E-state index contributed by atoms with van der Waals surface area (Å²) in [4.78, 5) is 11.4. The highest BCUT2D eigenvalue weighted by atomic mass is 19.2. The van der Waals surface area contributed by atoms with Gasteiger partial charge in [0.25, 0.3) is 0 Å². The minimum Gasteiger partial charge on any atom is -0.353 e. The van der Waals surface area contributed by atoms with Gasteiger partial charge in [-0.05, 0) is 38.5 Å². The SMILES string of the molecule is CC(C)NC(=O)CNC(C)c1ccc(F)c(F)c1. The van der Waals surface area contributed by atoms with Gasteiger partial charge in [0.2, 0.25) is 5.91 Å². The van der Waals surface area contributed by atoms with E-state index in [1.54, 1.807) is 6.92 Å². The fraction of sp³-hybridized carbons (Fsp3) is 0.462. The molecule has 0 saturated heterocycles. The lowest BCUT2D eigenvalue weighted by Crippen LogP contribution is -2.38. The highest BCUT2D eigenvalue weighted by molar-refractivity contribution is 5.78. The molecule has 100 valence electrons. The van der Waals surface area contributed by atoms with E-state index in [1.165, 1.54) is 6.07 Å². The molecule has 0 bridgehead atoms. The van der Waals surface area contributed by atoms with Crippen LogP contribution < -0.4 is 10.6 Å². The third-order valence-electron chi connectivity index (χ3n) is 2.46. The van der Waals surface area contributed by atoms with Crippen LogP contribution in [-0.2, 0) is 4.79 Å². The van der Waals surface area contributed by atoms with Crippen LogP contribution in [0.15, 0.2) is 18.2 Å². The number of hydrogen-bond acceptors (Lipinski definition) is 2. The summed E-state index contributed by atoms with van der Waals surface area (Å²) in [7, 11) is 0. The quantitative estimate of drug-likeness (QED) is 0.847. The Balaban J connectivity index is 2.52. The summed E-state index contributed by atoms with van der Waals surface area (Å²) in [6.07, 6.45) is 0. The molecule has 0 aliphatic carbocycles. The van der Waals surface area contributed by atoms with Crippen molar-refractivity contribution in [1.82, 2.24) is 10.6 Å². The van der Waals surface area contributed by atoms with E-state index in [4.69, 9.17) is 0 Å². The Kier molecular flexibility index (Phi) is 5.22. The van der Waals surface area contributed by atoms with E-state index in [1.807, 2.05) is 13.8 Å². The molecule has 0 saturated carbocycles. The van der Waals surface area contributed by atoms with Crippen molar-refractivity contribution in [2.45, 2.75) is 32.9 Å². The van der Waals surface area contributed by atoms with E-state index >= 15 is 0 Å². The van der Waals surface area contributed by atoms with Crippen molar-refractivity contribution in [3.63, 3.8) is 0 Å². The van der Waals surface area contributed by atoms with Crippen LogP contribution in [0.25, 0.3) is 0 Å². The number of hydrogen-bond donors (Lipinski definition) is 2. The van der Waals surface area contributed by atoms with Gasteiger partial charge in [0.15, 0.2) is 11.6 Å². The summed E-state index contributed by atoms with van der Waals surface area (Å²) in [5.74, 6) is -1.88. The molecule has 0 aromatic heterocycles. The Hall–Kier alpha value is -1.49. The molecule has 1 unspecified atom stereocenters. The summed E-state index contributed by atoms with van der Waals surface area (Å²) >= 11 is 0. The summed E-state index contributed by atoms with van der Waals surface area (Å²) in [6, 6.07) is 3.57. The third-order valence-corrected chi connectivity index (χ3v) is 2.46. The van der Waals surface area contributed by atoms with Crippen LogP contribution >= 0.6 is 0 Å². The van der Waals surface area contributed by atoms with Crippen LogP contribution in [0, 0.1) is 11.6 Å². The number of carbonyl (C=O) groups is 1. The Morgan fingerprint density at radius 2 is 1.89 bits per heavy atom. The van der Waals surface area contributed by atoms with E-state index in [0.717, 1.165) is 12.1 Å². The van der Waals surface area contributed by atoms with Crippen LogP contribution in [0.2, 0.25) is 0 Å². The molecule has 3 nitrogen and oxygen atoms in total. The van der Waals surface area contributed by atoms with Gasteiger partial charge in [0, 0.05) is 12.1 Å². The van der Waals surface area contributed by atoms with Gasteiger partial charge >= 0.3 is 0 Å². The minimum absolute atomic E-state index is 0.0814. The number of amides is 1. The van der Waals surface area contributed by atoms with Gasteiger partial charge in [-0.2, -0.15) is 0 Å². The van der Waals surface area contributed by atoms with Crippen molar-refractivity contribution >= 4 is 5.91 Å². The maximum Gasteiger partial charge on any atom is 0.234 e. The lowest BCUT2D eigenvalue weighted by molar-refractivity contribution is -0.120. The lowest BCUT2D eigenvalue weighted by Gasteiger charge is -2.15. The minimum atomic E-state index is -0.882. The van der Waals surface area contributed by atoms with E-state index in [-0.39, 0.29) is 24.5 Å². The molecule has 1 aromatic carbocycles. The molecule has 1 rings (SSSR count). The molecular formula is C13H18F2N2O. The van der Waals surface area contributed by atoms with Gasteiger partial charge in [-0.15, -0.1) is 0 Å². The zero-order chi connectivity index (χ0) is 13.7. The monoisotopic (exact) mass is 256 g/mol. The van der Waals surface area contributed by atoms with Crippen molar-refractivity contribution in [2.75, 3.05) is 6.54 Å². The molecule has 0 heterocycles. The van der Waals surface area contributed by atoms with Crippen molar-refractivity contribution < 1.29 is 13.6 Å². The lowest BCUT2D eigenvalue weighted by atomic mass is 10.1. The predicted octanol–water partition coefficient (Wildman–Crippen LogP) is 2.14. The largest absolute Gasteiger partial charge is 0.353 e. The first-order valence-corrected chi connectivity index (χ1v) is 5.88. The molecule has 1 atom stereocenters. The molecule has 0 aliphatic heterocycles. The average Bonchev–Trinajstić information content (AvgIpc) is 2.28. The number of rotatable bonds is 5. The van der Waals surface area contributed by atoms with Gasteiger partial charge in [0.1, 0.15) is 0 Å². The molecule has 2 N–H and O–H groups in total. The smallest absolute Gasteiger partial charge is 0.234 e. The highest BCUT2D eigenvalue weighted by Gasteiger charge is 2.10. The topological polar surface area (TPSA) is 41.1 Å². The molecule has 0 spiro atoms. The zero-order valence-corrected chi connectivity index (χ0v) is 10.8. The summed E-state index contributed by atoms with van der Waals surface area (Å²) < 4.78 is 25.8. The number of nitrogens with one attached hydrogen (secondary N) is 2. The Labute approximate surface area is 106 Å². The van der Waals surface area contributed by atoms with Crippen LogP contribution in [0.1, 0.15) is 32.4 Å². The molecule has 0 aliphatic rings. The second-order valence-corrected chi connectivity index (χ2v) is 4.50. The van der Waals surface area contributed by atoms with Crippen LogP contribution in [0.3, 0.4) is 0 Å². The predicted molar refractivity (Wildman–Crippen MR) is 66.1 cm³/mol. The van der Waals surface area contributed by atoms with E-state index in [9.17, 15) is 13.6 Å². The van der Waals surface area contributed by atoms with E-state index in [2.05, 4.69) is 10.6 Å². The summed E-state index contributed by atoms with van der Waals surface area (Å²) in [5, 5.41) is 5.68. The van der Waals surface area contributed by atoms with Crippen molar-refractivity contribution in [1.29, 1.82) is 0 Å². The van der Waals surface area contributed by atoms with E-state index in [0.29, 0.717) is 5.56 Å². The molecule has 0 fully saturated rings. The molecule has 5 heteroatoms. The molecule has 18 heavy (non-hydrogen) atoms. The normalized spacial score (nSPS) is 12.6. The zero-order valence-electron chi connectivity index (χ0n) is 10.8. The Morgan fingerprint density at radius 3 is 2.44 bits per heavy atom. The first-order chi connectivity index (χ1) is 8.40. The molecular weight excluding hydrogens is 238 g/mol. The maximum atomic E-state index is 13.0. The van der Waals surface area contributed by atoms with Crippen LogP contribution in [-0.4, -0.2) is 18.5 Å². The number of halogens is 2. The van der Waals surface area contributed by atoms with Gasteiger partial charge in [0.05, 0.1) is 6.54 Å². The standard InChI is InChI=1S/C13H18F2N2O/c1-8(2)17-13(18)7-16-9(3)10-4-5-11(14)12(15)6-10/h4-6,8-9,16H,7H2,1-3H3,(H,17,18). The van der Waals surface area contributed by atoms with Crippen LogP contribution in [0.4, 0.5) is 8.78 Å². The maximum absolute atomic E-state index is 13.0. The Bertz CT molecular complexity index is 421. The molecule has 1 amide bonds. The summed E-state index contributed by atoms with van der Waals surface area (Å²) in [6.45, 7) is 5.67. The Morgan fingerprint density at radius 1 is 1.22 bits per heavy atom. The first-order valence-electron chi connectivity index (χ1n) is 5.88. The second kappa shape index (κ2) is 6.44. The highest BCUT2D eigenvalue weighted by Crippen LogP contribution is 2.15. The first kappa shape index (κ1) is 14.6. The second-order valence-electron chi connectivity index (χ2n) is 4.50. The van der Waals surface area contributed by atoms with Crippen molar-refractivity contribution in [3.8, 4) is 0 Å². The summed E-state index contributed by atoms with van der Waals surface area (Å²) in [5.41, 5.74) is 0.603. The van der Waals surface area contributed by atoms with E-state index < -0.39 is 11.6 Å². The van der Waals surface area contributed by atoms with Gasteiger partial charge in [-0.3, -0.25) is 4.79 Å². The fourth-order valence-corrected chi connectivity index (χ4v) is 1.52. The van der Waals surface area contributed by atoms with Gasteiger partial charge in [-0.25, -0.2) is 8.78 Å². The van der Waals surface area contributed by atoms with Crippen LogP contribution in [0.5, 0.6) is 0 Å². The number of benzene rings is 1. The van der Waals surface area contributed by atoms with Crippen molar-refractivity contribution in [2.24, 2.45) is 0 Å². The van der Waals surface area contributed by atoms with Gasteiger partial charge in [-0.1, -0.05) is 6.07 Å². The molecule has 1 aromatic rings. The number of carbonyl (C=O) groups excluding carboxylic acids is 1. The fourth-order valence-electron chi connectivity index (χ4n) is 1.52. The average molecular weight is 256 g/mol. The molecule has 0 radical (unpaired) electrons.